The molecule has 2 saturated heterocycles. The summed E-state index contributed by atoms with van der Waals surface area (Å²) in [5.74, 6) is -2.09. The molecule has 0 saturated carbocycles. The van der Waals surface area contributed by atoms with Gasteiger partial charge in [-0.2, -0.15) is 0 Å². The van der Waals surface area contributed by atoms with E-state index in [4.69, 9.17) is 9.47 Å². The molecule has 0 unspecified atom stereocenters. The summed E-state index contributed by atoms with van der Waals surface area (Å²) in [5, 5.41) is 52.5. The van der Waals surface area contributed by atoms with Gasteiger partial charge in [0.05, 0.1) is 37.4 Å². The fourth-order valence-electron chi connectivity index (χ4n) is 8.86. The Morgan fingerprint density at radius 2 is 1.61 bits per heavy atom. The largest absolute Gasteiger partial charge is 0.394 e. The van der Waals surface area contributed by atoms with Crippen LogP contribution in [-0.4, -0.2) is 106 Å². The normalized spacial score (nSPS) is 32.1. The zero-order valence-electron chi connectivity index (χ0n) is 30.2. The number of nitrogens with zero attached hydrogens (tertiary/aromatic N) is 2. The molecule has 0 radical (unpaired) electrons. The predicted molar refractivity (Wildman–Crippen MR) is 196 cm³/mol. The lowest BCUT2D eigenvalue weighted by Gasteiger charge is -2.37. The second-order valence-corrected chi connectivity index (χ2v) is 19.1. The Morgan fingerprint density at radius 1 is 0.944 bits per heavy atom. The van der Waals surface area contributed by atoms with E-state index >= 15 is 4.11 Å². The Morgan fingerprint density at radius 3 is 2.30 bits per heavy atom. The molecule has 2 fully saturated rings. The maximum atomic E-state index is 16.4. The molecule has 288 valence electrons. The van der Waals surface area contributed by atoms with Crippen molar-refractivity contribution >= 4 is 37.5 Å². The first kappa shape index (κ1) is 38.2. The van der Waals surface area contributed by atoms with Crippen LogP contribution in [0.4, 0.5) is 15.5 Å². The van der Waals surface area contributed by atoms with E-state index < -0.39 is 74.2 Å². The highest BCUT2D eigenvalue weighted by atomic mass is 28.4. The zero-order valence-corrected chi connectivity index (χ0v) is 31.2. The van der Waals surface area contributed by atoms with Crippen LogP contribution < -0.4 is 10.2 Å². The zero-order chi connectivity index (χ0) is 38.7. The molecule has 7 rings (SSSR count). The van der Waals surface area contributed by atoms with E-state index in [1.807, 2.05) is 43.3 Å². The van der Waals surface area contributed by atoms with Crippen LogP contribution >= 0.6 is 0 Å². The van der Waals surface area contributed by atoms with Crippen molar-refractivity contribution in [2.24, 2.45) is 5.92 Å². The molecule has 54 heavy (non-hydrogen) atoms. The van der Waals surface area contributed by atoms with Crippen molar-refractivity contribution in [2.75, 3.05) is 16.8 Å². The van der Waals surface area contributed by atoms with Gasteiger partial charge in [-0.25, -0.2) is 0 Å². The lowest BCUT2D eigenvalue weighted by atomic mass is 9.82. The van der Waals surface area contributed by atoms with Gasteiger partial charge in [0.15, 0.2) is 18.0 Å². The van der Waals surface area contributed by atoms with Crippen molar-refractivity contribution < 1.29 is 53.5 Å². The molecule has 3 aromatic carbocycles. The molecular weight excluding hydrogens is 718 g/mol. The van der Waals surface area contributed by atoms with Crippen LogP contribution in [0.15, 0.2) is 72.8 Å². The average Bonchev–Trinajstić information content (AvgIpc) is 3.58. The highest BCUT2D eigenvalue weighted by Crippen LogP contribution is 2.60. The monoisotopic (exact) mass is 763 g/mol. The Balaban J connectivity index is 1.11. The van der Waals surface area contributed by atoms with Gasteiger partial charge < -0.3 is 54.2 Å². The molecule has 3 amide bonds. The van der Waals surface area contributed by atoms with Crippen molar-refractivity contribution in [2.45, 2.75) is 99.9 Å². The molecule has 6 N–H and O–H groups in total. The van der Waals surface area contributed by atoms with Gasteiger partial charge in [0.1, 0.15) is 18.3 Å². The van der Waals surface area contributed by atoms with Gasteiger partial charge in [-0.3, -0.25) is 14.4 Å². The molecule has 4 aliphatic rings. The van der Waals surface area contributed by atoms with Crippen LogP contribution in [0.1, 0.15) is 35.6 Å². The lowest BCUT2D eigenvalue weighted by molar-refractivity contribution is -0.274. The van der Waals surface area contributed by atoms with Gasteiger partial charge >= 0.3 is 0 Å². The van der Waals surface area contributed by atoms with E-state index in [9.17, 15) is 39.9 Å². The van der Waals surface area contributed by atoms with E-state index in [2.05, 4.69) is 5.32 Å². The molecule has 13 nitrogen and oxygen atoms in total. The minimum atomic E-state index is -3.55. The second kappa shape index (κ2) is 14.5. The highest BCUT2D eigenvalue weighted by Gasteiger charge is 2.67. The summed E-state index contributed by atoms with van der Waals surface area (Å²) in [5.41, 5.74) is 2.03. The number of benzene rings is 3. The first-order chi connectivity index (χ1) is 25.6. The molecular formula is C39H46FN3O10Si. The smallest absolute Gasteiger partial charge is 0.264 e. The van der Waals surface area contributed by atoms with Crippen LogP contribution in [0.2, 0.25) is 18.6 Å². The maximum Gasteiger partial charge on any atom is 0.264 e. The summed E-state index contributed by atoms with van der Waals surface area (Å²) in [6.07, 6.45) is -9.38. The number of fused-ring (bicyclic) bond motifs is 3. The number of ether oxygens (including phenoxy) is 2. The number of carbonyl (C=O) groups excluding carboxylic acids is 3. The van der Waals surface area contributed by atoms with Gasteiger partial charge in [0.25, 0.3) is 11.8 Å². The molecule has 3 aromatic rings. The minimum Gasteiger partial charge on any atom is -0.394 e. The van der Waals surface area contributed by atoms with Crippen LogP contribution in [0.5, 0.6) is 0 Å². The predicted octanol–water partition coefficient (Wildman–Crippen LogP) is 2.08. The first-order valence-corrected chi connectivity index (χ1v) is 21.1. The molecule has 4 heterocycles. The number of hydrogen-bond donors (Lipinski definition) is 6. The van der Waals surface area contributed by atoms with Gasteiger partial charge in [-0.1, -0.05) is 61.5 Å². The molecule has 15 heteroatoms. The molecule has 0 aliphatic carbocycles. The van der Waals surface area contributed by atoms with Crippen molar-refractivity contribution in [1.82, 2.24) is 4.90 Å². The van der Waals surface area contributed by atoms with Crippen LogP contribution in [0.3, 0.4) is 0 Å². The number of aliphatic hydroxyl groups excluding tert-OH is 5. The third kappa shape index (κ3) is 6.55. The van der Waals surface area contributed by atoms with Crippen LogP contribution in [0, 0.1) is 5.92 Å². The number of nitrogens with one attached hydrogen (secondary N) is 1. The molecule has 0 aromatic heterocycles. The topological polar surface area (TPSA) is 189 Å². The number of anilines is 2. The SMILES string of the molecule is C[C@H]1[C@H]([Si](C)(C)F)[C@@H](CC(=O)N2Cc3ccccc3C[C@H]2CO)O[C@]12C(=O)N(Cc1ccc(NC(=O)[C@H]3O[C@@H](O)[C@H](O)[C@@H](O)[C@@H]3O)cc1)c1ccccc12. The van der Waals surface area contributed by atoms with E-state index in [-0.39, 0.29) is 31.4 Å². The van der Waals surface area contributed by atoms with Gasteiger partial charge in [-0.15, -0.1) is 0 Å². The molecule has 0 bridgehead atoms. The summed E-state index contributed by atoms with van der Waals surface area (Å²) >= 11 is 0. The third-order valence-corrected chi connectivity index (χ3v) is 14.0. The van der Waals surface area contributed by atoms with E-state index in [1.165, 1.54) is 0 Å². The van der Waals surface area contributed by atoms with Crippen LogP contribution in [-0.2, 0) is 49.0 Å². The highest BCUT2D eigenvalue weighted by molar-refractivity contribution is 6.72. The molecule has 4 aliphatic heterocycles. The summed E-state index contributed by atoms with van der Waals surface area (Å²) in [7, 11) is -3.55. The standard InChI is InChI=1S/C39H46FN3O10Si/c1-21-35(54(2,3)40)29(17-30(45)42-19-24-9-5-4-8-23(24)16-26(42)20-44)53-39(21)27-10-6-7-11-28(27)43(38(39)51)18-22-12-14-25(15-13-22)41-36(49)34-32(47)31(46)33(48)37(50)52-34/h4-15,21,26,29,31-35,37,44,46-48,50H,16-20H2,1-3H3,(H,41,49)/t21-,26-,29+,31-,32-,33+,34-,35-,37+,39+/m0/s1. The summed E-state index contributed by atoms with van der Waals surface area (Å²) < 4.78 is 28.2. The fourth-order valence-corrected chi connectivity index (χ4v) is 11.4. The van der Waals surface area contributed by atoms with E-state index in [1.54, 1.807) is 59.3 Å². The number of halogens is 1. The molecule has 10 atom stereocenters. The van der Waals surface area contributed by atoms with Crippen molar-refractivity contribution in [1.29, 1.82) is 0 Å². The number of amides is 3. The minimum absolute atomic E-state index is 0.110. The van der Waals surface area contributed by atoms with E-state index in [0.29, 0.717) is 35.5 Å². The number of carbonyl (C=O) groups is 3. The van der Waals surface area contributed by atoms with E-state index in [0.717, 1.165) is 11.1 Å². The average molecular weight is 764 g/mol. The Labute approximate surface area is 313 Å². The second-order valence-electron chi connectivity index (χ2n) is 15.3. The molecule has 1 spiro atoms. The van der Waals surface area contributed by atoms with Crippen molar-refractivity contribution in [3.8, 4) is 0 Å². The maximum absolute atomic E-state index is 16.4. The summed E-state index contributed by atoms with van der Waals surface area (Å²) in [4.78, 5) is 44.9. The van der Waals surface area contributed by atoms with Crippen LogP contribution in [0.25, 0.3) is 0 Å². The summed E-state index contributed by atoms with van der Waals surface area (Å²) in [6.45, 7) is 5.21. The fraction of sp³-hybridized carbons (Fsp3) is 0.462. The van der Waals surface area contributed by atoms with Crippen molar-refractivity contribution in [3.05, 3.63) is 95.1 Å². The number of aliphatic hydroxyl groups is 5. The van der Waals surface area contributed by atoms with Crippen molar-refractivity contribution in [3.63, 3.8) is 0 Å². The first-order valence-electron chi connectivity index (χ1n) is 18.2. The Hall–Kier alpha value is -4.06. The number of rotatable bonds is 8. The Kier molecular flexibility index (Phi) is 10.3. The number of hydrogen-bond acceptors (Lipinski definition) is 10. The van der Waals surface area contributed by atoms with Gasteiger partial charge in [-0.05, 0) is 54.4 Å². The van der Waals surface area contributed by atoms with Gasteiger partial charge in [0, 0.05) is 29.3 Å². The third-order valence-electron chi connectivity index (χ3n) is 11.5. The van der Waals surface area contributed by atoms with Gasteiger partial charge in [0.2, 0.25) is 14.3 Å². The quantitative estimate of drug-likeness (QED) is 0.147. The lowest BCUT2D eigenvalue weighted by Crippen LogP contribution is -2.60. The summed E-state index contributed by atoms with van der Waals surface area (Å²) in [6, 6.07) is 21.1. The Bertz CT molecular complexity index is 1910. The number of para-hydroxylation sites is 1.